The van der Waals surface area contributed by atoms with Crippen molar-refractivity contribution in [1.29, 1.82) is 0 Å². The summed E-state index contributed by atoms with van der Waals surface area (Å²) in [7, 11) is 0. The van der Waals surface area contributed by atoms with Crippen LogP contribution in [0.3, 0.4) is 0 Å². The quantitative estimate of drug-likeness (QED) is 0.377. The van der Waals surface area contributed by atoms with Crippen molar-refractivity contribution in [2.45, 2.75) is 13.2 Å². The molecule has 0 unspecified atom stereocenters. The smallest absolute Gasteiger partial charge is 0.0681 e. The second-order valence-corrected chi connectivity index (χ2v) is 4.23. The van der Waals surface area contributed by atoms with Gasteiger partial charge in [-0.2, -0.15) is 0 Å². The van der Waals surface area contributed by atoms with Gasteiger partial charge in [-0.1, -0.05) is 72.8 Å². The van der Waals surface area contributed by atoms with E-state index >= 15 is 0 Å². The molecule has 2 aromatic carbocycles. The Bertz CT molecular complexity index is 442. The fourth-order valence-corrected chi connectivity index (χ4v) is 1.17. The van der Waals surface area contributed by atoms with E-state index in [2.05, 4.69) is 13.2 Å². The van der Waals surface area contributed by atoms with Gasteiger partial charge in [-0.25, -0.2) is 0 Å². The van der Waals surface area contributed by atoms with Crippen molar-refractivity contribution in [2.24, 2.45) is 0 Å². The van der Waals surface area contributed by atoms with Crippen molar-refractivity contribution in [1.82, 2.24) is 0 Å². The topological polar surface area (TPSA) is 80.9 Å². The molecule has 0 aliphatic heterocycles. The molecule has 0 aromatic heterocycles. The SMILES string of the molecule is C=CCO.C=CCO.OCc1ccccc1.OCc1ccccc1.[Hf]. The van der Waals surface area contributed by atoms with Crippen molar-refractivity contribution in [3.8, 4) is 0 Å². The minimum atomic E-state index is 0. The van der Waals surface area contributed by atoms with Gasteiger partial charge in [-0.05, 0) is 11.1 Å². The van der Waals surface area contributed by atoms with Gasteiger partial charge in [-0.15, -0.1) is 13.2 Å². The first-order chi connectivity index (χ1) is 11.7. The zero-order valence-corrected chi connectivity index (χ0v) is 18.1. The van der Waals surface area contributed by atoms with Crippen LogP contribution in [0.5, 0.6) is 0 Å². The maximum absolute atomic E-state index is 8.54. The summed E-state index contributed by atoms with van der Waals surface area (Å²) in [6.45, 7) is 6.90. The summed E-state index contributed by atoms with van der Waals surface area (Å²) in [5, 5.41) is 32.6. The van der Waals surface area contributed by atoms with Crippen LogP contribution in [0.1, 0.15) is 11.1 Å². The number of hydrogen-bond acceptors (Lipinski definition) is 4. The molecule has 136 valence electrons. The summed E-state index contributed by atoms with van der Waals surface area (Å²) < 4.78 is 0. The molecule has 0 atom stereocenters. The third kappa shape index (κ3) is 22.6. The van der Waals surface area contributed by atoms with Gasteiger partial charge in [0.15, 0.2) is 0 Å². The van der Waals surface area contributed by atoms with Crippen molar-refractivity contribution in [2.75, 3.05) is 13.2 Å². The predicted octanol–water partition coefficient (Wildman–Crippen LogP) is 2.68. The molecule has 0 heterocycles. The van der Waals surface area contributed by atoms with Gasteiger partial charge < -0.3 is 20.4 Å². The Morgan fingerprint density at radius 3 is 0.960 bits per heavy atom. The Hall–Kier alpha value is -1.37. The van der Waals surface area contributed by atoms with Crippen LogP contribution in [-0.4, -0.2) is 33.6 Å². The van der Waals surface area contributed by atoms with Gasteiger partial charge in [0.2, 0.25) is 0 Å². The van der Waals surface area contributed by atoms with E-state index < -0.39 is 0 Å². The fourth-order valence-electron chi connectivity index (χ4n) is 1.17. The molecule has 4 N–H and O–H groups in total. The van der Waals surface area contributed by atoms with E-state index in [4.69, 9.17) is 20.4 Å². The van der Waals surface area contributed by atoms with Gasteiger partial charge in [0.25, 0.3) is 0 Å². The second-order valence-electron chi connectivity index (χ2n) is 4.23. The molecular weight excluding hydrogens is 483 g/mol. The Labute approximate surface area is 169 Å². The van der Waals surface area contributed by atoms with Crippen LogP contribution in [0, 0.1) is 0 Å². The average molecular weight is 511 g/mol. The van der Waals surface area contributed by atoms with Crippen LogP contribution < -0.4 is 0 Å². The number of benzene rings is 2. The molecular formula is C20H28HfO4. The molecule has 2 aromatic rings. The van der Waals surface area contributed by atoms with Crippen LogP contribution in [0.25, 0.3) is 0 Å². The molecule has 25 heavy (non-hydrogen) atoms. The predicted molar refractivity (Wildman–Crippen MR) is 99.3 cm³/mol. The molecule has 0 amide bonds. The number of aliphatic hydroxyl groups is 4. The van der Waals surface area contributed by atoms with E-state index in [0.717, 1.165) is 11.1 Å². The molecule has 0 aliphatic carbocycles. The van der Waals surface area contributed by atoms with E-state index in [1.165, 1.54) is 12.2 Å². The van der Waals surface area contributed by atoms with Crippen LogP contribution in [0.15, 0.2) is 86.0 Å². The molecule has 0 bridgehead atoms. The maximum atomic E-state index is 8.54. The summed E-state index contributed by atoms with van der Waals surface area (Å²) in [6, 6.07) is 19.0. The summed E-state index contributed by atoms with van der Waals surface area (Å²) in [5.74, 6) is 0. The van der Waals surface area contributed by atoms with Gasteiger partial charge in [0.05, 0.1) is 26.4 Å². The summed E-state index contributed by atoms with van der Waals surface area (Å²) >= 11 is 0. The van der Waals surface area contributed by atoms with E-state index in [1.807, 2.05) is 60.7 Å². The standard InChI is InChI=1S/2C7H8O.2C3H6O.Hf/c2*8-6-7-4-2-1-3-5-7;2*1-2-3-4;/h2*1-5,8H,6H2;2*2,4H,1,3H2;. The molecule has 0 aliphatic rings. The summed E-state index contributed by atoms with van der Waals surface area (Å²) in [5.41, 5.74) is 1.93. The van der Waals surface area contributed by atoms with Crippen molar-refractivity contribution in [3.63, 3.8) is 0 Å². The molecule has 5 heteroatoms. The minimum absolute atomic E-state index is 0. The van der Waals surface area contributed by atoms with Gasteiger partial charge >= 0.3 is 0 Å². The Kier molecular flexibility index (Phi) is 28.3. The Morgan fingerprint density at radius 1 is 0.600 bits per heavy atom. The minimum Gasteiger partial charge on any atom is -0.392 e. The van der Waals surface area contributed by atoms with Crippen molar-refractivity contribution in [3.05, 3.63) is 97.1 Å². The molecule has 2 rings (SSSR count). The molecule has 4 nitrogen and oxygen atoms in total. The van der Waals surface area contributed by atoms with Crippen LogP contribution in [-0.2, 0) is 39.1 Å². The van der Waals surface area contributed by atoms with Gasteiger partial charge in [0.1, 0.15) is 0 Å². The summed E-state index contributed by atoms with van der Waals surface area (Å²) in [4.78, 5) is 0. The molecule has 0 saturated carbocycles. The van der Waals surface area contributed by atoms with Crippen LogP contribution >= 0.6 is 0 Å². The second kappa shape index (κ2) is 24.9. The van der Waals surface area contributed by atoms with Crippen LogP contribution in [0.4, 0.5) is 0 Å². The van der Waals surface area contributed by atoms with Crippen molar-refractivity contribution < 1.29 is 46.3 Å². The normalized spacial score (nSPS) is 7.84. The fraction of sp³-hybridized carbons (Fsp3) is 0.200. The third-order valence-corrected chi connectivity index (χ3v) is 2.31. The van der Waals surface area contributed by atoms with Crippen LogP contribution in [0.2, 0.25) is 0 Å². The monoisotopic (exact) mass is 512 g/mol. The molecule has 0 saturated heterocycles. The number of hydrogen-bond donors (Lipinski definition) is 4. The maximum Gasteiger partial charge on any atom is 0.0681 e. The van der Waals surface area contributed by atoms with E-state index in [1.54, 1.807) is 0 Å². The van der Waals surface area contributed by atoms with E-state index in [9.17, 15) is 0 Å². The van der Waals surface area contributed by atoms with Gasteiger partial charge in [-0.3, -0.25) is 0 Å². The third-order valence-electron chi connectivity index (χ3n) is 2.31. The van der Waals surface area contributed by atoms with E-state index in [0.29, 0.717) is 0 Å². The average Bonchev–Trinajstić information content (AvgIpc) is 2.70. The first-order valence-electron chi connectivity index (χ1n) is 7.43. The molecule has 0 fully saturated rings. The van der Waals surface area contributed by atoms with Gasteiger partial charge in [0, 0.05) is 25.8 Å². The molecule has 0 spiro atoms. The first kappa shape index (κ1) is 28.4. The zero-order chi connectivity index (χ0) is 18.5. The largest absolute Gasteiger partial charge is 0.392 e. The Morgan fingerprint density at radius 2 is 0.840 bits per heavy atom. The zero-order valence-electron chi connectivity index (χ0n) is 14.5. The van der Waals surface area contributed by atoms with Crippen molar-refractivity contribution >= 4 is 0 Å². The van der Waals surface area contributed by atoms with E-state index in [-0.39, 0.29) is 52.3 Å². The first-order valence-corrected chi connectivity index (χ1v) is 7.43. The number of aliphatic hydroxyl groups excluding tert-OH is 4. The molecule has 0 radical (unpaired) electrons. The summed E-state index contributed by atoms with van der Waals surface area (Å²) in [6.07, 6.45) is 2.86. The Balaban J connectivity index is -0.000000270. The number of rotatable bonds is 4.